The van der Waals surface area contributed by atoms with E-state index in [1.807, 2.05) is 0 Å². The van der Waals surface area contributed by atoms with Crippen molar-refractivity contribution in [2.24, 2.45) is 5.92 Å². The molecule has 1 aromatic rings. The Morgan fingerprint density at radius 2 is 1.73 bits per heavy atom. The van der Waals surface area contributed by atoms with E-state index in [1.165, 1.54) is 19.3 Å². The van der Waals surface area contributed by atoms with Crippen LogP contribution in [-0.2, 0) is 0 Å². The monoisotopic (exact) mass is 202 g/mol. The van der Waals surface area contributed by atoms with Crippen molar-refractivity contribution in [2.45, 2.75) is 51.9 Å². The van der Waals surface area contributed by atoms with Crippen LogP contribution in [0.4, 0.5) is 0 Å². The van der Waals surface area contributed by atoms with Crippen molar-refractivity contribution in [3.63, 3.8) is 0 Å². The van der Waals surface area contributed by atoms with E-state index in [9.17, 15) is 0 Å². The fraction of sp³-hybridized carbons (Fsp3) is 0.600. The summed E-state index contributed by atoms with van der Waals surface area (Å²) in [6.45, 7) is 7.05. The molecule has 0 heteroatoms. The molecule has 1 aliphatic carbocycles. The molecule has 1 aliphatic rings. The van der Waals surface area contributed by atoms with Gasteiger partial charge in [0.15, 0.2) is 0 Å². The molecular formula is C15H22. The lowest BCUT2D eigenvalue weighted by molar-refractivity contribution is 0.367. The molecule has 0 nitrogen and oxygen atoms in total. The Labute approximate surface area is 93.7 Å². The van der Waals surface area contributed by atoms with Crippen molar-refractivity contribution in [1.82, 2.24) is 0 Å². The number of hydrogen-bond donors (Lipinski definition) is 0. The summed E-state index contributed by atoms with van der Waals surface area (Å²) in [4.78, 5) is 0. The van der Waals surface area contributed by atoms with Crippen LogP contribution in [0.25, 0.3) is 0 Å². The van der Waals surface area contributed by atoms with Gasteiger partial charge in [-0.15, -0.1) is 0 Å². The van der Waals surface area contributed by atoms with Gasteiger partial charge in [0.2, 0.25) is 0 Å². The molecule has 0 fully saturated rings. The first-order chi connectivity index (χ1) is 7.29. The number of rotatable bonds is 3. The number of hydrogen-bond acceptors (Lipinski definition) is 0. The summed E-state index contributed by atoms with van der Waals surface area (Å²) in [7, 11) is 0. The van der Waals surface area contributed by atoms with Crippen LogP contribution in [0, 0.1) is 5.92 Å². The quantitative estimate of drug-likeness (QED) is 0.665. The minimum atomic E-state index is 0.770. The van der Waals surface area contributed by atoms with Crippen LogP contribution in [0.1, 0.15) is 63.0 Å². The van der Waals surface area contributed by atoms with E-state index < -0.39 is 0 Å². The van der Waals surface area contributed by atoms with Crippen molar-refractivity contribution in [1.29, 1.82) is 0 Å². The molecule has 0 bridgehead atoms. The smallest absolute Gasteiger partial charge is 0.0128 e. The maximum absolute atomic E-state index is 2.41. The van der Waals surface area contributed by atoms with Gasteiger partial charge in [-0.1, -0.05) is 51.5 Å². The third kappa shape index (κ3) is 1.71. The van der Waals surface area contributed by atoms with E-state index >= 15 is 0 Å². The summed E-state index contributed by atoms with van der Waals surface area (Å²) < 4.78 is 0. The van der Waals surface area contributed by atoms with Crippen molar-refractivity contribution in [3.05, 3.63) is 35.4 Å². The predicted molar refractivity (Wildman–Crippen MR) is 66.3 cm³/mol. The second-order valence-corrected chi connectivity index (χ2v) is 4.88. The van der Waals surface area contributed by atoms with E-state index in [0.29, 0.717) is 0 Å². The van der Waals surface area contributed by atoms with E-state index in [1.54, 1.807) is 11.1 Å². The molecular weight excluding hydrogens is 180 g/mol. The lowest BCUT2D eigenvalue weighted by atomic mass is 9.83. The van der Waals surface area contributed by atoms with Gasteiger partial charge in [-0.2, -0.15) is 0 Å². The zero-order chi connectivity index (χ0) is 10.8. The van der Waals surface area contributed by atoms with E-state index in [-0.39, 0.29) is 0 Å². The van der Waals surface area contributed by atoms with Gasteiger partial charge in [-0.3, -0.25) is 0 Å². The van der Waals surface area contributed by atoms with Crippen molar-refractivity contribution in [2.75, 3.05) is 0 Å². The van der Waals surface area contributed by atoms with Crippen LogP contribution in [0.15, 0.2) is 24.3 Å². The summed E-state index contributed by atoms with van der Waals surface area (Å²) in [5, 5.41) is 0. The van der Waals surface area contributed by atoms with Gasteiger partial charge in [-0.05, 0) is 41.7 Å². The third-order valence-electron chi connectivity index (χ3n) is 4.11. The van der Waals surface area contributed by atoms with Gasteiger partial charge in [0, 0.05) is 0 Å². The van der Waals surface area contributed by atoms with E-state index in [2.05, 4.69) is 45.0 Å². The topological polar surface area (TPSA) is 0 Å². The molecule has 0 N–H and O–H groups in total. The van der Waals surface area contributed by atoms with E-state index in [4.69, 9.17) is 0 Å². The molecule has 0 spiro atoms. The Bertz CT molecular complexity index is 327. The highest BCUT2D eigenvalue weighted by Gasteiger charge is 2.35. The molecule has 15 heavy (non-hydrogen) atoms. The normalized spacial score (nSPS) is 29.1. The Kier molecular flexibility index (Phi) is 3.14. The Hall–Kier alpha value is -0.780. The molecule has 3 unspecified atom stereocenters. The lowest BCUT2D eigenvalue weighted by Gasteiger charge is -2.21. The Balaban J connectivity index is 2.35. The molecule has 0 saturated heterocycles. The second kappa shape index (κ2) is 4.38. The lowest BCUT2D eigenvalue weighted by Crippen LogP contribution is -2.09. The van der Waals surface area contributed by atoms with Crippen molar-refractivity contribution < 1.29 is 0 Å². The van der Waals surface area contributed by atoms with Crippen LogP contribution < -0.4 is 0 Å². The molecule has 82 valence electrons. The molecule has 0 heterocycles. The van der Waals surface area contributed by atoms with Gasteiger partial charge in [0.1, 0.15) is 0 Å². The zero-order valence-corrected chi connectivity index (χ0v) is 10.2. The van der Waals surface area contributed by atoms with Gasteiger partial charge >= 0.3 is 0 Å². The molecule has 0 aliphatic heterocycles. The summed E-state index contributed by atoms with van der Waals surface area (Å²) >= 11 is 0. The summed E-state index contributed by atoms with van der Waals surface area (Å²) in [6.07, 6.45) is 4.00. The maximum atomic E-state index is 2.41. The fourth-order valence-corrected chi connectivity index (χ4v) is 3.38. The summed E-state index contributed by atoms with van der Waals surface area (Å²) in [5.41, 5.74) is 3.24. The average molecular weight is 202 g/mol. The van der Waals surface area contributed by atoms with Crippen LogP contribution >= 0.6 is 0 Å². The SMILES string of the molecule is CCCC1C(C)c2ccccc2C1CC. The van der Waals surface area contributed by atoms with Gasteiger partial charge < -0.3 is 0 Å². The largest absolute Gasteiger partial charge is 0.0654 e. The first-order valence-corrected chi connectivity index (χ1v) is 6.38. The Morgan fingerprint density at radius 3 is 2.33 bits per heavy atom. The zero-order valence-electron chi connectivity index (χ0n) is 10.2. The standard InChI is InChI=1S/C15H22/c1-4-8-13-11(3)14-9-6-7-10-15(14)12(13)5-2/h6-7,9-13H,4-5,8H2,1-3H3. The molecule has 1 aromatic carbocycles. The maximum Gasteiger partial charge on any atom is -0.0128 e. The highest BCUT2D eigenvalue weighted by Crippen LogP contribution is 2.49. The highest BCUT2D eigenvalue weighted by atomic mass is 14.4. The number of fused-ring (bicyclic) bond motifs is 1. The average Bonchev–Trinajstić information content (AvgIpc) is 2.54. The van der Waals surface area contributed by atoms with Crippen LogP contribution in [0.2, 0.25) is 0 Å². The predicted octanol–water partition coefficient (Wildman–Crippen LogP) is 4.71. The van der Waals surface area contributed by atoms with Crippen molar-refractivity contribution in [3.8, 4) is 0 Å². The molecule has 0 aromatic heterocycles. The molecule has 0 saturated carbocycles. The Morgan fingerprint density at radius 1 is 1.07 bits per heavy atom. The van der Waals surface area contributed by atoms with Crippen LogP contribution in [0.5, 0.6) is 0 Å². The van der Waals surface area contributed by atoms with Gasteiger partial charge in [-0.25, -0.2) is 0 Å². The minimum Gasteiger partial charge on any atom is -0.0654 e. The minimum absolute atomic E-state index is 0.770. The van der Waals surface area contributed by atoms with Gasteiger partial charge in [0.25, 0.3) is 0 Å². The third-order valence-corrected chi connectivity index (χ3v) is 4.11. The van der Waals surface area contributed by atoms with Crippen LogP contribution in [-0.4, -0.2) is 0 Å². The molecule has 3 atom stereocenters. The summed E-state index contributed by atoms with van der Waals surface area (Å²) in [6, 6.07) is 9.06. The second-order valence-electron chi connectivity index (χ2n) is 4.88. The fourth-order valence-electron chi connectivity index (χ4n) is 3.38. The summed E-state index contributed by atoms with van der Waals surface area (Å²) in [5.74, 6) is 2.47. The molecule has 0 amide bonds. The van der Waals surface area contributed by atoms with Gasteiger partial charge in [0.05, 0.1) is 0 Å². The highest BCUT2D eigenvalue weighted by molar-refractivity contribution is 5.39. The molecule has 2 rings (SSSR count). The first kappa shape index (κ1) is 10.7. The van der Waals surface area contributed by atoms with E-state index in [0.717, 1.165) is 17.8 Å². The number of benzene rings is 1. The van der Waals surface area contributed by atoms with Crippen LogP contribution in [0.3, 0.4) is 0 Å². The molecule has 0 radical (unpaired) electrons. The van der Waals surface area contributed by atoms with Crippen molar-refractivity contribution >= 4 is 0 Å². The first-order valence-electron chi connectivity index (χ1n) is 6.38.